The first-order valence-electron chi connectivity index (χ1n) is 4.75. The fourth-order valence-electron chi connectivity index (χ4n) is 1.18. The molecule has 1 aromatic heterocycles. The van der Waals surface area contributed by atoms with Crippen LogP contribution < -0.4 is 5.32 Å². The van der Waals surface area contributed by atoms with E-state index in [2.05, 4.69) is 15.3 Å². The van der Waals surface area contributed by atoms with Crippen LogP contribution >= 0.6 is 0 Å². The molecule has 0 fully saturated rings. The van der Waals surface area contributed by atoms with Crippen LogP contribution in [-0.2, 0) is 4.79 Å². The summed E-state index contributed by atoms with van der Waals surface area (Å²) >= 11 is 0. The predicted molar refractivity (Wildman–Crippen MR) is 58.5 cm³/mol. The maximum atomic E-state index is 11.6. The fourth-order valence-corrected chi connectivity index (χ4v) is 1.18. The molecule has 1 aromatic rings. The molecular formula is C10H13N5O. The first-order valence-corrected chi connectivity index (χ1v) is 4.75. The number of amides is 1. The molecule has 1 N–H and O–H groups in total. The van der Waals surface area contributed by atoms with Crippen molar-refractivity contribution >= 4 is 11.7 Å². The number of rotatable bonds is 3. The zero-order chi connectivity index (χ0) is 12.1. The van der Waals surface area contributed by atoms with Gasteiger partial charge < -0.3 is 10.2 Å². The van der Waals surface area contributed by atoms with Gasteiger partial charge in [0.15, 0.2) is 11.5 Å². The monoisotopic (exact) mass is 219 g/mol. The third-order valence-corrected chi connectivity index (χ3v) is 1.97. The summed E-state index contributed by atoms with van der Waals surface area (Å²) in [6, 6.07) is 1.46. The average Bonchev–Trinajstić information content (AvgIpc) is 2.28. The Bertz CT molecular complexity index is 423. The van der Waals surface area contributed by atoms with Crippen LogP contribution in [0.1, 0.15) is 12.6 Å². The molecule has 0 saturated carbocycles. The minimum absolute atomic E-state index is 0.0884. The molecule has 1 atom stereocenters. The summed E-state index contributed by atoms with van der Waals surface area (Å²) in [5, 5.41) is 11.6. The van der Waals surface area contributed by atoms with Crippen molar-refractivity contribution in [2.75, 3.05) is 19.4 Å². The first kappa shape index (κ1) is 11.9. The molecule has 1 amide bonds. The standard InChI is InChI=1S/C10H13N5O/c1-7(10(16)15(2)3)14-9-8(6-11)12-4-5-13-9/h4-5,7H,1-3H3,(H,13,14). The highest BCUT2D eigenvalue weighted by Crippen LogP contribution is 2.08. The summed E-state index contributed by atoms with van der Waals surface area (Å²) in [4.78, 5) is 20.9. The van der Waals surface area contributed by atoms with Crippen molar-refractivity contribution in [1.82, 2.24) is 14.9 Å². The lowest BCUT2D eigenvalue weighted by Crippen LogP contribution is -2.37. The van der Waals surface area contributed by atoms with Gasteiger partial charge in [-0.1, -0.05) is 0 Å². The van der Waals surface area contributed by atoms with Crippen molar-refractivity contribution in [2.24, 2.45) is 0 Å². The third-order valence-electron chi connectivity index (χ3n) is 1.97. The smallest absolute Gasteiger partial charge is 0.244 e. The quantitative estimate of drug-likeness (QED) is 0.787. The van der Waals surface area contributed by atoms with E-state index < -0.39 is 6.04 Å². The molecule has 0 saturated heterocycles. The molecule has 0 aliphatic carbocycles. The fraction of sp³-hybridized carbons (Fsp3) is 0.400. The van der Waals surface area contributed by atoms with Crippen LogP contribution in [0.4, 0.5) is 5.82 Å². The summed E-state index contributed by atoms with van der Waals surface area (Å²) in [6.07, 6.45) is 2.90. The molecule has 0 radical (unpaired) electrons. The lowest BCUT2D eigenvalue weighted by Gasteiger charge is -2.18. The van der Waals surface area contributed by atoms with E-state index >= 15 is 0 Å². The van der Waals surface area contributed by atoms with E-state index in [1.807, 2.05) is 6.07 Å². The Balaban J connectivity index is 2.81. The molecule has 6 nitrogen and oxygen atoms in total. The summed E-state index contributed by atoms with van der Waals surface area (Å²) in [5.41, 5.74) is 0.181. The number of carbonyl (C=O) groups is 1. The molecule has 0 spiro atoms. The number of anilines is 1. The van der Waals surface area contributed by atoms with E-state index in [1.54, 1.807) is 21.0 Å². The van der Waals surface area contributed by atoms with Gasteiger partial charge in [0.25, 0.3) is 0 Å². The Morgan fingerprint density at radius 3 is 2.69 bits per heavy atom. The summed E-state index contributed by atoms with van der Waals surface area (Å²) < 4.78 is 0. The van der Waals surface area contributed by atoms with Gasteiger partial charge >= 0.3 is 0 Å². The van der Waals surface area contributed by atoms with Gasteiger partial charge in [-0.05, 0) is 6.92 Å². The number of nitrogens with zero attached hydrogens (tertiary/aromatic N) is 4. The summed E-state index contributed by atoms with van der Waals surface area (Å²) in [6.45, 7) is 1.71. The second kappa shape index (κ2) is 5.07. The van der Waals surface area contributed by atoms with Crippen molar-refractivity contribution in [2.45, 2.75) is 13.0 Å². The van der Waals surface area contributed by atoms with Gasteiger partial charge in [0, 0.05) is 26.5 Å². The third kappa shape index (κ3) is 2.67. The number of aromatic nitrogens is 2. The number of nitrogens with one attached hydrogen (secondary N) is 1. The maximum absolute atomic E-state index is 11.6. The highest BCUT2D eigenvalue weighted by molar-refractivity contribution is 5.83. The van der Waals surface area contributed by atoms with Gasteiger partial charge in [-0.25, -0.2) is 9.97 Å². The van der Waals surface area contributed by atoms with Crippen LogP contribution in [0.2, 0.25) is 0 Å². The SMILES string of the molecule is CC(Nc1nccnc1C#N)C(=O)N(C)C. The van der Waals surface area contributed by atoms with Gasteiger partial charge in [0.05, 0.1) is 0 Å². The van der Waals surface area contributed by atoms with Crippen molar-refractivity contribution in [1.29, 1.82) is 5.26 Å². The molecule has 16 heavy (non-hydrogen) atoms. The summed E-state index contributed by atoms with van der Waals surface area (Å²) in [7, 11) is 3.34. The average molecular weight is 219 g/mol. The van der Waals surface area contributed by atoms with Crippen LogP contribution in [0.15, 0.2) is 12.4 Å². The topological polar surface area (TPSA) is 81.9 Å². The highest BCUT2D eigenvalue weighted by Gasteiger charge is 2.16. The van der Waals surface area contributed by atoms with Gasteiger partial charge in [-0.15, -0.1) is 0 Å². The van der Waals surface area contributed by atoms with E-state index in [4.69, 9.17) is 5.26 Å². The molecular weight excluding hydrogens is 206 g/mol. The minimum atomic E-state index is -0.446. The second-order valence-corrected chi connectivity index (χ2v) is 3.46. The molecule has 1 unspecified atom stereocenters. The van der Waals surface area contributed by atoms with Gasteiger partial charge in [0.2, 0.25) is 5.91 Å². The van der Waals surface area contributed by atoms with Gasteiger partial charge in [-0.2, -0.15) is 5.26 Å². The normalized spacial score (nSPS) is 11.4. The Morgan fingerprint density at radius 1 is 1.50 bits per heavy atom. The van der Waals surface area contributed by atoms with Crippen molar-refractivity contribution in [3.8, 4) is 6.07 Å². The number of likely N-dealkylation sites (N-methyl/N-ethyl adjacent to an activating group) is 1. The van der Waals surface area contributed by atoms with Crippen molar-refractivity contribution in [3.05, 3.63) is 18.1 Å². The molecule has 0 aromatic carbocycles. The van der Waals surface area contributed by atoms with Crippen LogP contribution in [0.5, 0.6) is 0 Å². The predicted octanol–water partition coefficient (Wildman–Crippen LogP) is 0.237. The molecule has 1 rings (SSSR count). The van der Waals surface area contributed by atoms with E-state index in [0.29, 0.717) is 5.82 Å². The Kier molecular flexibility index (Phi) is 3.78. The van der Waals surface area contributed by atoms with Crippen LogP contribution in [0, 0.1) is 11.3 Å². The molecule has 84 valence electrons. The summed E-state index contributed by atoms with van der Waals surface area (Å²) in [5.74, 6) is 0.238. The van der Waals surface area contributed by atoms with Crippen molar-refractivity contribution < 1.29 is 4.79 Å². The Morgan fingerprint density at radius 2 is 2.12 bits per heavy atom. The maximum Gasteiger partial charge on any atom is 0.244 e. The lowest BCUT2D eigenvalue weighted by atomic mass is 10.3. The molecule has 0 aliphatic rings. The van der Waals surface area contributed by atoms with Crippen molar-refractivity contribution in [3.63, 3.8) is 0 Å². The largest absolute Gasteiger partial charge is 0.356 e. The second-order valence-electron chi connectivity index (χ2n) is 3.46. The molecule has 6 heteroatoms. The van der Waals surface area contributed by atoms with E-state index in [0.717, 1.165) is 0 Å². The number of hydrogen-bond donors (Lipinski definition) is 1. The molecule has 0 bridgehead atoms. The Hall–Kier alpha value is -2.16. The minimum Gasteiger partial charge on any atom is -0.356 e. The van der Waals surface area contributed by atoms with E-state index in [1.165, 1.54) is 17.3 Å². The zero-order valence-electron chi connectivity index (χ0n) is 9.43. The van der Waals surface area contributed by atoms with Crippen LogP contribution in [0.25, 0.3) is 0 Å². The highest BCUT2D eigenvalue weighted by atomic mass is 16.2. The van der Waals surface area contributed by atoms with Crippen LogP contribution in [-0.4, -0.2) is 40.9 Å². The molecule has 1 heterocycles. The number of hydrogen-bond acceptors (Lipinski definition) is 5. The number of carbonyl (C=O) groups excluding carboxylic acids is 1. The lowest BCUT2D eigenvalue weighted by molar-refractivity contribution is -0.129. The molecule has 0 aliphatic heterocycles. The van der Waals surface area contributed by atoms with E-state index in [9.17, 15) is 4.79 Å². The van der Waals surface area contributed by atoms with Gasteiger partial charge in [0.1, 0.15) is 12.1 Å². The Labute approximate surface area is 93.9 Å². The van der Waals surface area contributed by atoms with Crippen LogP contribution in [0.3, 0.4) is 0 Å². The first-order chi connectivity index (χ1) is 7.56. The van der Waals surface area contributed by atoms with Gasteiger partial charge in [-0.3, -0.25) is 4.79 Å². The zero-order valence-corrected chi connectivity index (χ0v) is 9.43. The van der Waals surface area contributed by atoms with E-state index in [-0.39, 0.29) is 11.6 Å². The number of nitriles is 1.